The molecule has 0 aromatic carbocycles. The first kappa shape index (κ1) is 18.4. The Bertz CT molecular complexity index is 774. The summed E-state index contributed by atoms with van der Waals surface area (Å²) in [5.74, 6) is 1.34. The number of carbonyl (C=O) groups excluding carboxylic acids is 1. The van der Waals surface area contributed by atoms with Gasteiger partial charge in [0, 0.05) is 30.6 Å². The maximum atomic E-state index is 12.3. The van der Waals surface area contributed by atoms with Gasteiger partial charge in [0.05, 0.1) is 18.8 Å². The first-order valence-corrected chi connectivity index (χ1v) is 10.2. The third-order valence-corrected chi connectivity index (χ3v) is 5.87. The van der Waals surface area contributed by atoms with Crippen molar-refractivity contribution < 1.29 is 4.79 Å². The normalized spacial score (nSPS) is 21.7. The minimum atomic E-state index is 0.106. The van der Waals surface area contributed by atoms with Crippen LogP contribution in [0, 0.1) is 5.92 Å². The van der Waals surface area contributed by atoms with Crippen LogP contribution < -0.4 is 10.6 Å². The summed E-state index contributed by atoms with van der Waals surface area (Å²) >= 11 is 0. The molecule has 1 atom stereocenters. The second-order valence-corrected chi connectivity index (χ2v) is 7.98. The predicted octanol–water partition coefficient (Wildman–Crippen LogP) is 1.36. The maximum absolute atomic E-state index is 12.3. The molecular formula is C20H30N6O. The van der Waals surface area contributed by atoms with Crippen LogP contribution in [-0.4, -0.2) is 64.8 Å². The van der Waals surface area contributed by atoms with Crippen LogP contribution in [0.2, 0.25) is 0 Å². The SMILES string of the molecule is CC1CCN(CC(=O)NCCn2nc(C3CCNC3)c3cccnc32)CC1. The third-order valence-electron chi connectivity index (χ3n) is 5.87. The molecule has 2 aliphatic heterocycles. The number of hydrogen-bond acceptors (Lipinski definition) is 5. The Hall–Kier alpha value is -1.99. The lowest BCUT2D eigenvalue weighted by atomic mass is 9.99. The van der Waals surface area contributed by atoms with Gasteiger partial charge in [-0.25, -0.2) is 9.67 Å². The largest absolute Gasteiger partial charge is 0.353 e. The van der Waals surface area contributed by atoms with Gasteiger partial charge >= 0.3 is 0 Å². The number of hydrogen-bond donors (Lipinski definition) is 2. The number of nitrogens with zero attached hydrogens (tertiary/aromatic N) is 4. The molecule has 7 nitrogen and oxygen atoms in total. The third kappa shape index (κ3) is 4.30. The van der Waals surface area contributed by atoms with E-state index in [0.717, 1.165) is 55.2 Å². The Morgan fingerprint density at radius 2 is 2.19 bits per heavy atom. The second kappa shape index (κ2) is 8.35. The molecule has 4 heterocycles. The van der Waals surface area contributed by atoms with Crippen molar-refractivity contribution in [3.8, 4) is 0 Å². The van der Waals surface area contributed by atoms with E-state index in [1.165, 1.54) is 12.8 Å². The van der Waals surface area contributed by atoms with Gasteiger partial charge in [-0.1, -0.05) is 6.92 Å². The summed E-state index contributed by atoms with van der Waals surface area (Å²) in [5.41, 5.74) is 2.05. The molecule has 1 unspecified atom stereocenters. The van der Waals surface area contributed by atoms with Crippen LogP contribution in [0.15, 0.2) is 18.3 Å². The monoisotopic (exact) mass is 370 g/mol. The summed E-state index contributed by atoms with van der Waals surface area (Å²) in [6, 6.07) is 4.08. The molecule has 1 amide bonds. The van der Waals surface area contributed by atoms with Crippen molar-refractivity contribution in [1.29, 1.82) is 0 Å². The molecular weight excluding hydrogens is 340 g/mol. The second-order valence-electron chi connectivity index (χ2n) is 7.98. The number of amides is 1. The molecule has 0 spiro atoms. The van der Waals surface area contributed by atoms with Crippen LogP contribution in [0.25, 0.3) is 11.0 Å². The highest BCUT2D eigenvalue weighted by molar-refractivity contribution is 5.79. The van der Waals surface area contributed by atoms with Crippen molar-refractivity contribution >= 4 is 16.9 Å². The summed E-state index contributed by atoms with van der Waals surface area (Å²) in [4.78, 5) is 19.0. The van der Waals surface area contributed by atoms with E-state index in [-0.39, 0.29) is 5.91 Å². The van der Waals surface area contributed by atoms with Gasteiger partial charge < -0.3 is 10.6 Å². The number of nitrogens with one attached hydrogen (secondary N) is 2. The van der Waals surface area contributed by atoms with Crippen molar-refractivity contribution in [3.05, 3.63) is 24.0 Å². The van der Waals surface area contributed by atoms with Gasteiger partial charge in [0.1, 0.15) is 0 Å². The van der Waals surface area contributed by atoms with E-state index >= 15 is 0 Å². The van der Waals surface area contributed by atoms with Gasteiger partial charge in [-0.3, -0.25) is 9.69 Å². The van der Waals surface area contributed by atoms with Gasteiger partial charge in [-0.05, 0) is 56.9 Å². The van der Waals surface area contributed by atoms with Crippen molar-refractivity contribution in [1.82, 2.24) is 30.3 Å². The van der Waals surface area contributed by atoms with Gasteiger partial charge in [0.15, 0.2) is 5.65 Å². The van der Waals surface area contributed by atoms with Gasteiger partial charge in [-0.15, -0.1) is 0 Å². The van der Waals surface area contributed by atoms with Crippen LogP contribution in [-0.2, 0) is 11.3 Å². The summed E-state index contributed by atoms with van der Waals surface area (Å²) in [6.07, 6.45) is 5.31. The highest BCUT2D eigenvalue weighted by atomic mass is 16.2. The Labute approximate surface area is 160 Å². The zero-order valence-electron chi connectivity index (χ0n) is 16.2. The van der Waals surface area contributed by atoms with E-state index in [4.69, 9.17) is 5.10 Å². The molecule has 0 saturated carbocycles. The first-order chi connectivity index (χ1) is 13.2. The summed E-state index contributed by atoms with van der Waals surface area (Å²) in [6.45, 7) is 8.10. The highest BCUT2D eigenvalue weighted by Gasteiger charge is 2.23. The fourth-order valence-corrected chi connectivity index (χ4v) is 4.16. The van der Waals surface area contributed by atoms with E-state index in [1.807, 2.05) is 16.9 Å². The molecule has 2 saturated heterocycles. The average Bonchev–Trinajstić information content (AvgIpc) is 3.32. The van der Waals surface area contributed by atoms with Crippen molar-refractivity contribution in [3.63, 3.8) is 0 Å². The van der Waals surface area contributed by atoms with Crippen LogP contribution in [0.4, 0.5) is 0 Å². The number of fused-ring (bicyclic) bond motifs is 1. The van der Waals surface area contributed by atoms with E-state index in [0.29, 0.717) is 25.6 Å². The molecule has 2 fully saturated rings. The molecule has 2 aliphatic rings. The number of piperidine rings is 1. The first-order valence-electron chi connectivity index (χ1n) is 10.2. The Balaban J connectivity index is 1.34. The van der Waals surface area contributed by atoms with Crippen LogP contribution in [0.3, 0.4) is 0 Å². The topological polar surface area (TPSA) is 75.1 Å². The summed E-state index contributed by atoms with van der Waals surface area (Å²) in [7, 11) is 0. The summed E-state index contributed by atoms with van der Waals surface area (Å²) in [5, 5.41) is 12.4. The molecule has 2 aromatic rings. The number of likely N-dealkylation sites (tertiary alicyclic amines) is 1. The number of aromatic nitrogens is 3. The molecule has 0 bridgehead atoms. The molecule has 7 heteroatoms. The van der Waals surface area contributed by atoms with E-state index in [2.05, 4.69) is 33.5 Å². The molecule has 2 aromatic heterocycles. The zero-order chi connectivity index (χ0) is 18.6. The van der Waals surface area contributed by atoms with Crippen LogP contribution >= 0.6 is 0 Å². The molecule has 27 heavy (non-hydrogen) atoms. The van der Waals surface area contributed by atoms with Crippen molar-refractivity contribution in [2.75, 3.05) is 39.3 Å². The smallest absolute Gasteiger partial charge is 0.234 e. The van der Waals surface area contributed by atoms with Gasteiger partial charge in [0.25, 0.3) is 0 Å². The van der Waals surface area contributed by atoms with Crippen LogP contribution in [0.1, 0.15) is 37.8 Å². The van der Waals surface area contributed by atoms with Crippen molar-refractivity contribution in [2.45, 2.75) is 38.6 Å². The Morgan fingerprint density at radius 3 is 2.96 bits per heavy atom. The minimum absolute atomic E-state index is 0.106. The van der Waals surface area contributed by atoms with Crippen LogP contribution in [0.5, 0.6) is 0 Å². The van der Waals surface area contributed by atoms with Crippen molar-refractivity contribution in [2.24, 2.45) is 5.92 Å². The lowest BCUT2D eigenvalue weighted by molar-refractivity contribution is -0.122. The maximum Gasteiger partial charge on any atom is 0.234 e. The van der Waals surface area contributed by atoms with Gasteiger partial charge in [0.2, 0.25) is 5.91 Å². The average molecular weight is 371 g/mol. The number of rotatable bonds is 6. The molecule has 4 rings (SSSR count). The fraction of sp³-hybridized carbons (Fsp3) is 0.650. The number of pyridine rings is 1. The lowest BCUT2D eigenvalue weighted by Crippen LogP contribution is -2.41. The Morgan fingerprint density at radius 1 is 1.33 bits per heavy atom. The Kier molecular flexibility index (Phi) is 5.69. The molecule has 2 N–H and O–H groups in total. The summed E-state index contributed by atoms with van der Waals surface area (Å²) < 4.78 is 1.95. The minimum Gasteiger partial charge on any atom is -0.353 e. The van der Waals surface area contributed by atoms with Gasteiger partial charge in [-0.2, -0.15) is 5.10 Å². The predicted molar refractivity (Wildman–Crippen MR) is 106 cm³/mol. The van der Waals surface area contributed by atoms with E-state index < -0.39 is 0 Å². The lowest BCUT2D eigenvalue weighted by Gasteiger charge is -2.29. The zero-order valence-corrected chi connectivity index (χ0v) is 16.2. The standard InChI is InChI=1S/C20H30N6O/c1-15-5-10-25(11-6-15)14-18(27)22-9-12-26-20-17(3-2-7-23-20)19(24-26)16-4-8-21-13-16/h2-3,7,15-16,21H,4-6,8-14H2,1H3,(H,22,27). The molecule has 146 valence electrons. The highest BCUT2D eigenvalue weighted by Crippen LogP contribution is 2.27. The van der Waals surface area contributed by atoms with E-state index in [1.54, 1.807) is 0 Å². The molecule has 0 radical (unpaired) electrons. The fourth-order valence-electron chi connectivity index (χ4n) is 4.16. The number of carbonyl (C=O) groups is 1. The quantitative estimate of drug-likeness (QED) is 0.803. The molecule has 0 aliphatic carbocycles. The van der Waals surface area contributed by atoms with E-state index in [9.17, 15) is 4.79 Å².